The van der Waals surface area contributed by atoms with Gasteiger partial charge in [0.2, 0.25) is 0 Å². The van der Waals surface area contributed by atoms with E-state index in [1.807, 2.05) is 0 Å². The fourth-order valence-corrected chi connectivity index (χ4v) is 80.7. The van der Waals surface area contributed by atoms with Crippen molar-refractivity contribution in [1.29, 1.82) is 0 Å². The summed E-state index contributed by atoms with van der Waals surface area (Å²) in [5.41, 5.74) is 1.90. The first-order valence-electron chi connectivity index (χ1n) is 7.06. The zero-order valence-electron chi connectivity index (χ0n) is 14.1. The second-order valence-corrected chi connectivity index (χ2v) is 41.0. The van der Waals surface area contributed by atoms with Crippen molar-refractivity contribution in [1.82, 2.24) is 0 Å². The fraction of sp³-hybridized carbons (Fsp3) is 1.00. The summed E-state index contributed by atoms with van der Waals surface area (Å²) >= 11 is 0. The molecule has 0 radical (unpaired) electrons. The standard InChI is InChI=1S/C13H35PSi3/c1-12(2)16(8,9)14(15(5,6)7)17(10,11)13(3)4/h12-13H,1-11H3. The van der Waals surface area contributed by atoms with Gasteiger partial charge >= 0.3 is 0 Å². The van der Waals surface area contributed by atoms with E-state index < -0.39 is 23.2 Å². The van der Waals surface area contributed by atoms with Gasteiger partial charge in [-0.2, -0.15) is 0 Å². The zero-order valence-corrected chi connectivity index (χ0v) is 18.0. The van der Waals surface area contributed by atoms with Crippen LogP contribution in [-0.2, 0) is 0 Å². The fourth-order valence-electron chi connectivity index (χ4n) is 2.99. The topological polar surface area (TPSA) is 0 Å². The molecule has 0 aliphatic rings. The normalized spacial score (nSPS) is 15.2. The Morgan fingerprint density at radius 3 is 0.941 bits per heavy atom. The van der Waals surface area contributed by atoms with Gasteiger partial charge in [-0.25, -0.2) is 0 Å². The molecular formula is C13H35PSi3. The van der Waals surface area contributed by atoms with Gasteiger partial charge in [-0.05, 0) is 11.1 Å². The van der Waals surface area contributed by atoms with Gasteiger partial charge in [0, 0.05) is 0 Å². The number of rotatable bonds is 5. The van der Waals surface area contributed by atoms with Gasteiger partial charge in [-0.15, -0.1) is 6.57 Å². The minimum absolute atomic E-state index is 0.350. The Labute approximate surface area is 114 Å². The minimum atomic E-state index is -1.06. The van der Waals surface area contributed by atoms with Gasteiger partial charge in [0.15, 0.2) is 0 Å². The van der Waals surface area contributed by atoms with Gasteiger partial charge in [0.05, 0.1) is 23.2 Å². The number of hydrogen-bond donors (Lipinski definition) is 0. The van der Waals surface area contributed by atoms with Crippen LogP contribution in [0.1, 0.15) is 27.7 Å². The first kappa shape index (κ1) is 18.1. The van der Waals surface area contributed by atoms with Crippen LogP contribution >= 0.6 is 6.57 Å². The van der Waals surface area contributed by atoms with Crippen LogP contribution in [0.2, 0.25) is 56.9 Å². The lowest BCUT2D eigenvalue weighted by Crippen LogP contribution is -2.49. The molecule has 0 aliphatic heterocycles. The van der Waals surface area contributed by atoms with Gasteiger partial charge in [-0.3, -0.25) is 0 Å². The van der Waals surface area contributed by atoms with Gasteiger partial charge in [-0.1, -0.05) is 73.5 Å². The SMILES string of the molecule is CC(C)[Si](C)(C)P([Si](C)(C)C)[Si](C)(C)C(C)C. The molecule has 0 N–H and O–H groups in total. The summed E-state index contributed by atoms with van der Waals surface area (Å²) in [6.45, 7) is 29.0. The van der Waals surface area contributed by atoms with Crippen molar-refractivity contribution in [3.05, 3.63) is 0 Å². The monoisotopic (exact) mass is 306 g/mol. The molecule has 0 aromatic heterocycles. The van der Waals surface area contributed by atoms with Crippen molar-refractivity contribution in [2.24, 2.45) is 0 Å². The van der Waals surface area contributed by atoms with Crippen LogP contribution in [0.25, 0.3) is 0 Å². The molecule has 0 saturated heterocycles. The molecule has 0 saturated carbocycles. The third-order valence-corrected chi connectivity index (χ3v) is 60.8. The largest absolute Gasteiger partial charge is 0.139 e. The van der Waals surface area contributed by atoms with Gasteiger partial charge in [0.25, 0.3) is 0 Å². The third kappa shape index (κ3) is 4.02. The summed E-state index contributed by atoms with van der Waals surface area (Å²) < 4.78 is 0. The molecule has 0 atom stereocenters. The van der Waals surface area contributed by atoms with Crippen LogP contribution in [-0.4, -0.2) is 23.2 Å². The predicted molar refractivity (Wildman–Crippen MR) is 95.4 cm³/mol. The lowest BCUT2D eigenvalue weighted by Gasteiger charge is -2.53. The average Bonchev–Trinajstić information content (AvgIpc) is 1.98. The second-order valence-electron chi connectivity index (χ2n) is 8.12. The Morgan fingerprint density at radius 2 is 0.824 bits per heavy atom. The summed E-state index contributed by atoms with van der Waals surface area (Å²) in [6, 6.07) is 0. The average molecular weight is 307 g/mol. The van der Waals surface area contributed by atoms with Crippen molar-refractivity contribution >= 4 is 29.8 Å². The molecule has 17 heavy (non-hydrogen) atoms. The molecule has 0 nitrogen and oxygen atoms in total. The Bertz CT molecular complexity index is 232. The predicted octanol–water partition coefficient (Wildman–Crippen LogP) is 6.53. The van der Waals surface area contributed by atoms with E-state index in [-0.39, 0.29) is 0 Å². The second kappa shape index (κ2) is 5.60. The van der Waals surface area contributed by atoms with Crippen LogP contribution in [0, 0.1) is 0 Å². The highest BCUT2D eigenvalue weighted by Gasteiger charge is 2.51. The van der Waals surface area contributed by atoms with Crippen molar-refractivity contribution in [2.45, 2.75) is 84.6 Å². The molecule has 104 valence electrons. The van der Waals surface area contributed by atoms with E-state index in [0.717, 1.165) is 11.1 Å². The van der Waals surface area contributed by atoms with Crippen LogP contribution in [0.4, 0.5) is 0 Å². The van der Waals surface area contributed by atoms with E-state index in [1.54, 1.807) is 0 Å². The van der Waals surface area contributed by atoms with Gasteiger partial charge < -0.3 is 0 Å². The summed E-state index contributed by atoms with van der Waals surface area (Å²) in [6.07, 6.45) is 0. The summed E-state index contributed by atoms with van der Waals surface area (Å²) in [5, 5.41) is 0. The van der Waals surface area contributed by atoms with Crippen LogP contribution in [0.5, 0.6) is 0 Å². The summed E-state index contributed by atoms with van der Waals surface area (Å²) in [4.78, 5) is 0. The van der Waals surface area contributed by atoms with Crippen molar-refractivity contribution < 1.29 is 0 Å². The highest BCUT2D eigenvalue weighted by atomic mass is 31.8. The summed E-state index contributed by atoms with van der Waals surface area (Å²) in [5.74, 6) is 0. The zero-order chi connectivity index (χ0) is 14.2. The minimum Gasteiger partial charge on any atom is -0.139 e. The molecule has 0 aliphatic carbocycles. The maximum Gasteiger partial charge on any atom is 0.0696 e. The van der Waals surface area contributed by atoms with Crippen LogP contribution in [0.3, 0.4) is 0 Å². The van der Waals surface area contributed by atoms with E-state index in [0.29, 0.717) is 6.57 Å². The number of hydrogen-bond acceptors (Lipinski definition) is 0. The van der Waals surface area contributed by atoms with Gasteiger partial charge in [0.1, 0.15) is 0 Å². The van der Waals surface area contributed by atoms with E-state index >= 15 is 0 Å². The van der Waals surface area contributed by atoms with Crippen molar-refractivity contribution in [3.8, 4) is 0 Å². The first-order valence-corrected chi connectivity index (χ1v) is 20.6. The molecule has 0 fully saturated rings. The molecule has 0 amide bonds. The van der Waals surface area contributed by atoms with Crippen molar-refractivity contribution in [3.63, 3.8) is 0 Å². The Morgan fingerprint density at radius 1 is 0.588 bits per heavy atom. The quantitative estimate of drug-likeness (QED) is 0.400. The van der Waals surface area contributed by atoms with E-state index in [4.69, 9.17) is 0 Å². The molecule has 0 aromatic carbocycles. The van der Waals surface area contributed by atoms with E-state index in [2.05, 4.69) is 73.5 Å². The molecule has 4 heteroatoms. The lowest BCUT2D eigenvalue weighted by molar-refractivity contribution is 1.03. The lowest BCUT2D eigenvalue weighted by atomic mass is 10.6. The molecule has 0 heterocycles. The molecule has 0 spiro atoms. The highest BCUT2D eigenvalue weighted by Crippen LogP contribution is 2.66. The van der Waals surface area contributed by atoms with Crippen LogP contribution < -0.4 is 0 Å². The maximum atomic E-state index is 2.69. The summed E-state index contributed by atoms with van der Waals surface area (Å²) in [7, 11) is -3.11. The highest BCUT2D eigenvalue weighted by molar-refractivity contribution is 8.37. The molecule has 0 unspecified atom stereocenters. The van der Waals surface area contributed by atoms with Crippen molar-refractivity contribution in [2.75, 3.05) is 0 Å². The van der Waals surface area contributed by atoms with Crippen LogP contribution in [0.15, 0.2) is 0 Å². The smallest absolute Gasteiger partial charge is 0.0696 e. The Kier molecular flexibility index (Phi) is 5.96. The Balaban J connectivity index is 5.62. The molecule has 0 aromatic rings. The molecule has 0 bridgehead atoms. The maximum absolute atomic E-state index is 2.69. The third-order valence-electron chi connectivity index (χ3n) is 4.65. The first-order chi connectivity index (χ1) is 7.25. The molecule has 0 rings (SSSR count). The van der Waals surface area contributed by atoms with E-state index in [9.17, 15) is 0 Å². The van der Waals surface area contributed by atoms with E-state index in [1.165, 1.54) is 0 Å². The molecular weight excluding hydrogens is 271 g/mol. The Hall–Kier alpha value is 1.08.